The summed E-state index contributed by atoms with van der Waals surface area (Å²) in [6.07, 6.45) is 5.64. The number of nitrogens with zero attached hydrogens (tertiary/aromatic N) is 2. The highest BCUT2D eigenvalue weighted by Gasteiger charge is 2.41. The summed E-state index contributed by atoms with van der Waals surface area (Å²) in [4.78, 5) is 4.76. The molecule has 1 N–H and O–H groups in total. The Kier molecular flexibility index (Phi) is 3.26. The van der Waals surface area contributed by atoms with E-state index in [1.165, 1.54) is 18.4 Å². The molecule has 0 unspecified atom stereocenters. The summed E-state index contributed by atoms with van der Waals surface area (Å²) >= 11 is 0. The van der Waals surface area contributed by atoms with Crippen LogP contribution in [0.5, 0.6) is 0 Å². The third-order valence-corrected chi connectivity index (χ3v) is 5.01. The summed E-state index contributed by atoms with van der Waals surface area (Å²) < 4.78 is 5.54. The van der Waals surface area contributed by atoms with Gasteiger partial charge in [-0.2, -0.15) is 4.98 Å². The Morgan fingerprint density at radius 3 is 2.57 bits per heavy atom. The monoisotopic (exact) mass is 283 g/mol. The van der Waals surface area contributed by atoms with Gasteiger partial charge in [-0.05, 0) is 37.4 Å². The summed E-state index contributed by atoms with van der Waals surface area (Å²) in [5.41, 5.74) is 1.31. The molecule has 4 nitrogen and oxygen atoms in total. The zero-order chi connectivity index (χ0) is 14.1. The van der Waals surface area contributed by atoms with E-state index < -0.39 is 0 Å². The summed E-state index contributed by atoms with van der Waals surface area (Å²) in [7, 11) is 0. The van der Waals surface area contributed by atoms with E-state index in [0.717, 1.165) is 44.1 Å². The number of rotatable bonds is 4. The van der Waals surface area contributed by atoms with E-state index in [-0.39, 0.29) is 5.41 Å². The average Bonchev–Trinajstić information content (AvgIpc) is 3.14. The molecule has 4 rings (SSSR count). The van der Waals surface area contributed by atoms with Gasteiger partial charge in [0.1, 0.15) is 0 Å². The van der Waals surface area contributed by atoms with E-state index in [9.17, 15) is 0 Å². The summed E-state index contributed by atoms with van der Waals surface area (Å²) in [6.45, 7) is 2.14. The van der Waals surface area contributed by atoms with Gasteiger partial charge in [-0.25, -0.2) is 0 Å². The van der Waals surface area contributed by atoms with Crippen molar-refractivity contribution in [3.63, 3.8) is 0 Å². The number of hydrogen-bond acceptors (Lipinski definition) is 4. The zero-order valence-corrected chi connectivity index (χ0v) is 12.2. The van der Waals surface area contributed by atoms with Gasteiger partial charge in [0.2, 0.25) is 5.89 Å². The Morgan fingerprint density at radius 2 is 1.90 bits per heavy atom. The molecule has 21 heavy (non-hydrogen) atoms. The molecule has 2 aromatic rings. The molecule has 1 aliphatic heterocycles. The fourth-order valence-corrected chi connectivity index (χ4v) is 3.65. The van der Waals surface area contributed by atoms with Crippen LogP contribution in [0.25, 0.3) is 0 Å². The van der Waals surface area contributed by atoms with Crippen molar-refractivity contribution in [1.82, 2.24) is 15.5 Å². The molecule has 2 heterocycles. The largest absolute Gasteiger partial charge is 0.339 e. The van der Waals surface area contributed by atoms with Gasteiger partial charge in [0.15, 0.2) is 5.82 Å². The van der Waals surface area contributed by atoms with Gasteiger partial charge in [0.05, 0.1) is 5.41 Å². The van der Waals surface area contributed by atoms with Crippen LogP contribution in [0.1, 0.15) is 43.0 Å². The first kappa shape index (κ1) is 13.0. The first-order chi connectivity index (χ1) is 10.4. The predicted molar refractivity (Wildman–Crippen MR) is 80.1 cm³/mol. The van der Waals surface area contributed by atoms with Gasteiger partial charge in [0.25, 0.3) is 0 Å². The molecule has 1 aliphatic carbocycles. The first-order valence-electron chi connectivity index (χ1n) is 7.96. The van der Waals surface area contributed by atoms with Crippen molar-refractivity contribution < 1.29 is 4.52 Å². The quantitative estimate of drug-likeness (QED) is 0.937. The zero-order valence-electron chi connectivity index (χ0n) is 12.2. The molecule has 0 atom stereocenters. The minimum absolute atomic E-state index is 0.0269. The minimum Gasteiger partial charge on any atom is -0.339 e. The van der Waals surface area contributed by atoms with Crippen molar-refractivity contribution in [1.29, 1.82) is 0 Å². The van der Waals surface area contributed by atoms with Crippen molar-refractivity contribution in [3.05, 3.63) is 47.6 Å². The lowest BCUT2D eigenvalue weighted by atomic mass is 9.78. The first-order valence-corrected chi connectivity index (χ1v) is 7.96. The number of aromatic nitrogens is 2. The van der Waals surface area contributed by atoms with Gasteiger partial charge >= 0.3 is 0 Å². The van der Waals surface area contributed by atoms with Gasteiger partial charge in [-0.3, -0.25) is 0 Å². The van der Waals surface area contributed by atoms with Crippen molar-refractivity contribution in [3.8, 4) is 0 Å². The summed E-state index contributed by atoms with van der Waals surface area (Å²) in [5.74, 6) is 2.36. The molecule has 4 heteroatoms. The lowest BCUT2D eigenvalue weighted by Crippen LogP contribution is -2.43. The van der Waals surface area contributed by atoms with Gasteiger partial charge in [0, 0.05) is 6.42 Å². The summed E-state index contributed by atoms with van der Waals surface area (Å²) in [5, 5.41) is 7.64. The second kappa shape index (κ2) is 5.26. The third-order valence-electron chi connectivity index (χ3n) is 5.01. The van der Waals surface area contributed by atoms with Crippen LogP contribution in [0.2, 0.25) is 0 Å². The lowest BCUT2D eigenvalue weighted by molar-refractivity contribution is 0.293. The van der Waals surface area contributed by atoms with Crippen LogP contribution in [0.3, 0.4) is 0 Å². The standard InChI is InChI=1S/C17H21N3O/c1-2-6-14(7-3-1)17(8-4-5-9-17)16-19-15(21-20-16)10-13-11-18-12-13/h1-3,6-7,13,18H,4-5,8-12H2. The van der Waals surface area contributed by atoms with Crippen LogP contribution >= 0.6 is 0 Å². The van der Waals surface area contributed by atoms with Gasteiger partial charge in [-0.1, -0.05) is 48.3 Å². The van der Waals surface area contributed by atoms with Crippen molar-refractivity contribution >= 4 is 0 Å². The Balaban J connectivity index is 1.65. The molecule has 1 aromatic carbocycles. The lowest BCUT2D eigenvalue weighted by Gasteiger charge is -2.26. The van der Waals surface area contributed by atoms with E-state index >= 15 is 0 Å². The smallest absolute Gasteiger partial charge is 0.227 e. The van der Waals surface area contributed by atoms with Crippen LogP contribution in [-0.2, 0) is 11.8 Å². The fourth-order valence-electron chi connectivity index (χ4n) is 3.65. The van der Waals surface area contributed by atoms with Gasteiger partial charge < -0.3 is 9.84 Å². The second-order valence-electron chi connectivity index (χ2n) is 6.40. The number of benzene rings is 1. The molecule has 1 saturated heterocycles. The molecular weight excluding hydrogens is 262 g/mol. The Hall–Kier alpha value is -1.68. The van der Waals surface area contributed by atoms with Crippen LogP contribution in [0.15, 0.2) is 34.9 Å². The Morgan fingerprint density at radius 1 is 1.14 bits per heavy atom. The maximum Gasteiger partial charge on any atom is 0.227 e. The molecule has 2 fully saturated rings. The molecular formula is C17H21N3O. The molecule has 0 spiro atoms. The van der Waals surface area contributed by atoms with Crippen molar-refractivity contribution in [2.24, 2.45) is 5.92 Å². The fraction of sp³-hybridized carbons (Fsp3) is 0.529. The van der Waals surface area contributed by atoms with Crippen LogP contribution < -0.4 is 5.32 Å². The van der Waals surface area contributed by atoms with Gasteiger partial charge in [-0.15, -0.1) is 0 Å². The summed E-state index contributed by atoms with van der Waals surface area (Å²) in [6, 6.07) is 10.7. The van der Waals surface area contributed by atoms with E-state index in [2.05, 4.69) is 40.8 Å². The maximum atomic E-state index is 5.54. The highest BCUT2D eigenvalue weighted by molar-refractivity contribution is 5.33. The SMILES string of the molecule is c1ccc(C2(c3noc(CC4CNC4)n3)CCCC2)cc1. The maximum absolute atomic E-state index is 5.54. The Labute approximate surface area is 124 Å². The molecule has 1 saturated carbocycles. The molecule has 0 bridgehead atoms. The van der Waals surface area contributed by atoms with Crippen molar-refractivity contribution in [2.75, 3.05) is 13.1 Å². The number of nitrogens with one attached hydrogen (secondary N) is 1. The number of hydrogen-bond donors (Lipinski definition) is 1. The third kappa shape index (κ3) is 2.27. The second-order valence-corrected chi connectivity index (χ2v) is 6.40. The van der Waals surface area contributed by atoms with Crippen LogP contribution in [0.4, 0.5) is 0 Å². The highest BCUT2D eigenvalue weighted by atomic mass is 16.5. The van der Waals surface area contributed by atoms with Crippen LogP contribution in [-0.4, -0.2) is 23.2 Å². The molecule has 2 aliphatic rings. The molecule has 110 valence electrons. The minimum atomic E-state index is -0.0269. The normalized spacial score (nSPS) is 21.3. The van der Waals surface area contributed by atoms with E-state index in [1.54, 1.807) is 0 Å². The van der Waals surface area contributed by atoms with E-state index in [0.29, 0.717) is 5.92 Å². The van der Waals surface area contributed by atoms with Crippen LogP contribution in [0, 0.1) is 5.92 Å². The highest BCUT2D eigenvalue weighted by Crippen LogP contribution is 2.45. The molecule has 1 aromatic heterocycles. The van der Waals surface area contributed by atoms with E-state index in [1.807, 2.05) is 0 Å². The average molecular weight is 283 g/mol. The van der Waals surface area contributed by atoms with Crippen molar-refractivity contribution in [2.45, 2.75) is 37.5 Å². The molecule has 0 amide bonds. The molecule has 0 radical (unpaired) electrons. The predicted octanol–water partition coefficient (Wildman–Crippen LogP) is 2.69. The van der Waals surface area contributed by atoms with E-state index in [4.69, 9.17) is 9.51 Å². The Bertz CT molecular complexity index is 598. The topological polar surface area (TPSA) is 51.0 Å².